The number of hydrogen-bond donors (Lipinski definition) is 1. The normalized spacial score (nSPS) is 30.2. The van der Waals surface area contributed by atoms with Gasteiger partial charge in [-0.2, -0.15) is 0 Å². The molecule has 1 fully saturated rings. The number of alkyl halides is 2. The van der Waals surface area contributed by atoms with E-state index in [-0.39, 0.29) is 25.9 Å². The van der Waals surface area contributed by atoms with Gasteiger partial charge in [0, 0.05) is 19.5 Å². The van der Waals surface area contributed by atoms with Crippen LogP contribution in [0.5, 0.6) is 0 Å². The minimum atomic E-state index is -3.14. The van der Waals surface area contributed by atoms with Gasteiger partial charge in [-0.25, -0.2) is 8.78 Å². The molecule has 0 saturated carbocycles. The van der Waals surface area contributed by atoms with Crippen molar-refractivity contribution >= 4 is 5.97 Å². The highest BCUT2D eigenvalue weighted by Gasteiger charge is 2.62. The summed E-state index contributed by atoms with van der Waals surface area (Å²) in [5, 5.41) is 9.30. The van der Waals surface area contributed by atoms with Crippen LogP contribution in [0.25, 0.3) is 0 Å². The van der Waals surface area contributed by atoms with E-state index in [0.717, 1.165) is 0 Å². The van der Waals surface area contributed by atoms with Gasteiger partial charge in [0.2, 0.25) is 0 Å². The van der Waals surface area contributed by atoms with Crippen LogP contribution >= 0.6 is 0 Å². The second kappa shape index (κ2) is 4.19. The second-order valence-electron chi connectivity index (χ2n) is 6.32. The topological polar surface area (TPSA) is 40.5 Å². The molecule has 5 heteroatoms. The van der Waals surface area contributed by atoms with Crippen molar-refractivity contribution in [1.82, 2.24) is 4.90 Å². The van der Waals surface area contributed by atoms with Crippen molar-refractivity contribution in [3.8, 4) is 0 Å². The molecule has 100 valence electrons. The molecule has 1 saturated heterocycles. The summed E-state index contributed by atoms with van der Waals surface area (Å²) in [5.41, 5.74) is -2.40. The molecule has 3 nitrogen and oxygen atoms in total. The SMILES string of the molecule is CN1CCC(F)(F)C(CC(C)(C)C)(C(=O)O)C1. The summed E-state index contributed by atoms with van der Waals surface area (Å²) >= 11 is 0. The number of rotatable bonds is 2. The zero-order valence-corrected chi connectivity index (χ0v) is 10.9. The van der Waals surface area contributed by atoms with Crippen molar-refractivity contribution in [2.45, 2.75) is 39.5 Å². The monoisotopic (exact) mass is 249 g/mol. The first-order valence-corrected chi connectivity index (χ1v) is 5.80. The zero-order chi connectivity index (χ0) is 13.5. The predicted octanol–water partition coefficient (Wildman–Crippen LogP) is 2.46. The maximum Gasteiger partial charge on any atom is 0.317 e. The Kier molecular flexibility index (Phi) is 3.54. The van der Waals surface area contributed by atoms with E-state index in [1.165, 1.54) is 0 Å². The van der Waals surface area contributed by atoms with Crippen molar-refractivity contribution in [2.75, 3.05) is 20.1 Å². The van der Waals surface area contributed by atoms with Gasteiger partial charge in [-0.1, -0.05) is 20.8 Å². The fourth-order valence-corrected chi connectivity index (χ4v) is 2.62. The molecule has 0 aromatic carbocycles. The van der Waals surface area contributed by atoms with E-state index in [9.17, 15) is 18.7 Å². The summed E-state index contributed by atoms with van der Waals surface area (Å²) in [6.45, 7) is 5.53. The molecule has 0 bridgehead atoms. The van der Waals surface area contributed by atoms with Gasteiger partial charge in [0.15, 0.2) is 0 Å². The zero-order valence-electron chi connectivity index (χ0n) is 10.9. The second-order valence-corrected chi connectivity index (χ2v) is 6.32. The summed E-state index contributed by atoms with van der Waals surface area (Å²) in [6.07, 6.45) is -0.404. The lowest BCUT2D eigenvalue weighted by molar-refractivity contribution is -0.203. The number of hydrogen-bond acceptors (Lipinski definition) is 2. The third kappa shape index (κ3) is 2.76. The van der Waals surface area contributed by atoms with Crippen molar-refractivity contribution in [3.05, 3.63) is 0 Å². The number of nitrogens with zero attached hydrogens (tertiary/aromatic N) is 1. The van der Waals surface area contributed by atoms with E-state index in [1.54, 1.807) is 32.7 Å². The van der Waals surface area contributed by atoms with Crippen LogP contribution < -0.4 is 0 Å². The number of likely N-dealkylation sites (tertiary alicyclic amines) is 1. The number of halogens is 2. The van der Waals surface area contributed by atoms with Crippen LogP contribution in [0.3, 0.4) is 0 Å². The van der Waals surface area contributed by atoms with E-state index in [4.69, 9.17) is 0 Å². The Morgan fingerprint density at radius 1 is 1.41 bits per heavy atom. The lowest BCUT2D eigenvalue weighted by atomic mass is 9.67. The molecule has 0 aromatic heterocycles. The standard InChI is InChI=1S/C12H21F2NO2/c1-10(2,3)7-11(9(16)17)8-15(4)6-5-12(11,13)14/h5-8H2,1-4H3,(H,16,17). The van der Waals surface area contributed by atoms with Gasteiger partial charge in [-0.05, 0) is 18.9 Å². The molecule has 17 heavy (non-hydrogen) atoms. The number of carbonyl (C=O) groups is 1. The fourth-order valence-electron chi connectivity index (χ4n) is 2.62. The Labute approximate surface area is 101 Å². The largest absolute Gasteiger partial charge is 0.481 e. The molecule has 1 unspecified atom stereocenters. The molecule has 0 radical (unpaired) electrons. The molecule has 0 spiro atoms. The molecule has 1 atom stereocenters. The number of carboxylic acid groups (broad SMARTS) is 1. The average Bonchev–Trinajstić information content (AvgIpc) is 2.09. The molecular formula is C12H21F2NO2. The summed E-state index contributed by atoms with van der Waals surface area (Å²) < 4.78 is 28.1. The van der Waals surface area contributed by atoms with Crippen molar-refractivity contribution in [3.63, 3.8) is 0 Å². The number of carboxylic acids is 1. The molecule has 1 N–H and O–H groups in total. The summed E-state index contributed by atoms with van der Waals surface area (Å²) in [6, 6.07) is 0. The van der Waals surface area contributed by atoms with Crippen molar-refractivity contribution in [1.29, 1.82) is 0 Å². The van der Waals surface area contributed by atoms with Crippen LogP contribution in [0, 0.1) is 10.8 Å². The first-order valence-electron chi connectivity index (χ1n) is 5.80. The van der Waals surface area contributed by atoms with Crippen LogP contribution in [0.1, 0.15) is 33.6 Å². The lowest BCUT2D eigenvalue weighted by Crippen LogP contribution is -2.60. The molecule has 0 aliphatic carbocycles. The van der Waals surface area contributed by atoms with Crippen molar-refractivity contribution in [2.24, 2.45) is 10.8 Å². The molecule has 0 amide bonds. The highest BCUT2D eigenvalue weighted by molar-refractivity contribution is 5.76. The molecule has 1 heterocycles. The van der Waals surface area contributed by atoms with Gasteiger partial charge in [0.1, 0.15) is 5.41 Å². The van der Waals surface area contributed by atoms with Gasteiger partial charge in [0.25, 0.3) is 5.92 Å². The molecule has 0 aromatic rings. The average molecular weight is 249 g/mol. The van der Waals surface area contributed by atoms with Crippen molar-refractivity contribution < 1.29 is 18.7 Å². The minimum Gasteiger partial charge on any atom is -0.481 e. The first-order chi connectivity index (χ1) is 7.50. The summed E-state index contributed by atoms with van der Waals surface area (Å²) in [4.78, 5) is 13.1. The van der Waals surface area contributed by atoms with Gasteiger partial charge in [-0.3, -0.25) is 4.79 Å². The van der Waals surface area contributed by atoms with Crippen LogP contribution in [0.2, 0.25) is 0 Å². The molecular weight excluding hydrogens is 228 g/mol. The smallest absolute Gasteiger partial charge is 0.317 e. The van der Waals surface area contributed by atoms with E-state index in [1.807, 2.05) is 0 Å². The van der Waals surface area contributed by atoms with Crippen LogP contribution in [0.15, 0.2) is 0 Å². The van der Waals surface area contributed by atoms with Gasteiger partial charge in [-0.15, -0.1) is 0 Å². The van der Waals surface area contributed by atoms with E-state index in [0.29, 0.717) is 0 Å². The van der Waals surface area contributed by atoms with E-state index >= 15 is 0 Å². The summed E-state index contributed by atoms with van der Waals surface area (Å²) in [5.74, 6) is -4.53. The number of piperidine rings is 1. The quantitative estimate of drug-likeness (QED) is 0.817. The lowest BCUT2D eigenvalue weighted by Gasteiger charge is -2.46. The Balaban J connectivity index is 3.15. The molecule has 1 aliphatic heterocycles. The third-order valence-electron chi connectivity index (χ3n) is 3.29. The van der Waals surface area contributed by atoms with Gasteiger partial charge in [0.05, 0.1) is 0 Å². The Morgan fingerprint density at radius 2 is 1.94 bits per heavy atom. The van der Waals surface area contributed by atoms with E-state index < -0.39 is 22.7 Å². The first kappa shape index (κ1) is 14.4. The number of aliphatic carboxylic acids is 1. The maximum absolute atomic E-state index is 14.1. The Morgan fingerprint density at radius 3 is 2.35 bits per heavy atom. The highest BCUT2D eigenvalue weighted by Crippen LogP contribution is 2.49. The Bertz CT molecular complexity index is 312. The van der Waals surface area contributed by atoms with Gasteiger partial charge < -0.3 is 10.0 Å². The molecule has 1 rings (SSSR count). The third-order valence-corrected chi connectivity index (χ3v) is 3.29. The summed E-state index contributed by atoms with van der Waals surface area (Å²) in [7, 11) is 1.69. The Hall–Kier alpha value is -0.710. The minimum absolute atomic E-state index is 0.0212. The van der Waals surface area contributed by atoms with Crippen LogP contribution in [-0.2, 0) is 4.79 Å². The predicted molar refractivity (Wildman–Crippen MR) is 61.2 cm³/mol. The highest BCUT2D eigenvalue weighted by atomic mass is 19.3. The van der Waals surface area contributed by atoms with Crippen LogP contribution in [-0.4, -0.2) is 42.0 Å². The molecule has 1 aliphatic rings. The van der Waals surface area contributed by atoms with E-state index in [2.05, 4.69) is 0 Å². The fraction of sp³-hybridized carbons (Fsp3) is 0.917. The van der Waals surface area contributed by atoms with Gasteiger partial charge >= 0.3 is 5.97 Å². The van der Waals surface area contributed by atoms with Crippen LogP contribution in [0.4, 0.5) is 8.78 Å². The maximum atomic E-state index is 14.1.